The number of rotatable bonds is 2. The lowest BCUT2D eigenvalue weighted by molar-refractivity contribution is -0.132. The molecular formula is C11H10N2O2. The Balaban J connectivity index is 3.18. The molecule has 0 atom stereocenters. The number of aliphatic carboxylic acids is 1. The molecule has 4 nitrogen and oxygen atoms in total. The molecule has 3 N–H and O–H groups in total. The van der Waals surface area contributed by atoms with Crippen LogP contribution in [0.2, 0.25) is 0 Å². The Morgan fingerprint density at radius 1 is 1.53 bits per heavy atom. The van der Waals surface area contributed by atoms with Gasteiger partial charge < -0.3 is 10.8 Å². The second-order valence-electron chi connectivity index (χ2n) is 3.15. The predicted octanol–water partition coefficient (Wildman–Crippen LogP) is 1.57. The van der Waals surface area contributed by atoms with Crippen LogP contribution in [-0.4, -0.2) is 11.1 Å². The summed E-state index contributed by atoms with van der Waals surface area (Å²) < 4.78 is 0. The first-order chi connectivity index (χ1) is 7.02. The molecule has 0 bridgehead atoms. The van der Waals surface area contributed by atoms with Crippen molar-refractivity contribution in [3.8, 4) is 6.07 Å². The molecule has 0 heterocycles. The highest BCUT2D eigenvalue weighted by atomic mass is 16.4. The van der Waals surface area contributed by atoms with Crippen molar-refractivity contribution < 1.29 is 9.90 Å². The Kier molecular flexibility index (Phi) is 3.09. The number of anilines is 1. The minimum atomic E-state index is -1.24. The smallest absolute Gasteiger partial charge is 0.346 e. The fourth-order valence-corrected chi connectivity index (χ4v) is 1.24. The molecule has 0 aliphatic heterocycles. The molecule has 1 rings (SSSR count). The minimum Gasteiger partial charge on any atom is -0.477 e. The van der Waals surface area contributed by atoms with Gasteiger partial charge in [-0.1, -0.05) is 6.07 Å². The van der Waals surface area contributed by atoms with E-state index in [-0.39, 0.29) is 5.57 Å². The van der Waals surface area contributed by atoms with E-state index in [1.807, 2.05) is 6.92 Å². The van der Waals surface area contributed by atoms with Crippen LogP contribution in [0, 0.1) is 18.3 Å². The summed E-state index contributed by atoms with van der Waals surface area (Å²) in [4.78, 5) is 10.6. The van der Waals surface area contributed by atoms with Crippen LogP contribution in [0.1, 0.15) is 11.1 Å². The molecule has 0 unspecified atom stereocenters. The van der Waals surface area contributed by atoms with Crippen molar-refractivity contribution in [3.63, 3.8) is 0 Å². The van der Waals surface area contributed by atoms with Crippen LogP contribution in [-0.2, 0) is 4.79 Å². The zero-order chi connectivity index (χ0) is 11.4. The number of hydrogen-bond donors (Lipinski definition) is 2. The molecule has 76 valence electrons. The van der Waals surface area contributed by atoms with Crippen molar-refractivity contribution in [2.75, 3.05) is 5.73 Å². The third kappa shape index (κ3) is 2.85. The molecule has 1 aromatic rings. The van der Waals surface area contributed by atoms with E-state index in [9.17, 15) is 4.79 Å². The van der Waals surface area contributed by atoms with Gasteiger partial charge >= 0.3 is 5.97 Å². The zero-order valence-electron chi connectivity index (χ0n) is 8.19. The zero-order valence-corrected chi connectivity index (χ0v) is 8.19. The summed E-state index contributed by atoms with van der Waals surface area (Å²) in [5.74, 6) is -1.24. The summed E-state index contributed by atoms with van der Waals surface area (Å²) in [5, 5.41) is 17.2. The van der Waals surface area contributed by atoms with Gasteiger partial charge in [0.15, 0.2) is 0 Å². The maximum absolute atomic E-state index is 10.6. The van der Waals surface area contributed by atoms with Crippen LogP contribution in [0.3, 0.4) is 0 Å². The van der Waals surface area contributed by atoms with Crippen LogP contribution in [0.15, 0.2) is 23.8 Å². The topological polar surface area (TPSA) is 87.1 Å². The molecule has 0 aliphatic rings. The van der Waals surface area contributed by atoms with E-state index in [1.165, 1.54) is 6.08 Å². The van der Waals surface area contributed by atoms with Gasteiger partial charge in [0.05, 0.1) is 0 Å². The molecule has 1 aromatic carbocycles. The van der Waals surface area contributed by atoms with Crippen LogP contribution in [0.5, 0.6) is 0 Å². The number of nitrogen functional groups attached to an aromatic ring is 1. The van der Waals surface area contributed by atoms with Crippen molar-refractivity contribution >= 4 is 17.7 Å². The number of nitrogens with two attached hydrogens (primary N) is 1. The number of hydrogen-bond acceptors (Lipinski definition) is 3. The van der Waals surface area contributed by atoms with Crippen molar-refractivity contribution in [1.82, 2.24) is 0 Å². The lowest BCUT2D eigenvalue weighted by Crippen LogP contribution is -1.97. The van der Waals surface area contributed by atoms with Gasteiger partial charge in [-0.15, -0.1) is 0 Å². The number of carbonyl (C=O) groups is 1. The molecule has 0 saturated carbocycles. The number of carboxylic acid groups (broad SMARTS) is 1. The number of benzene rings is 1. The second kappa shape index (κ2) is 4.29. The average molecular weight is 202 g/mol. The summed E-state index contributed by atoms with van der Waals surface area (Å²) >= 11 is 0. The minimum absolute atomic E-state index is 0.306. The molecular weight excluding hydrogens is 192 g/mol. The van der Waals surface area contributed by atoms with Crippen LogP contribution in [0.4, 0.5) is 5.69 Å². The summed E-state index contributed by atoms with van der Waals surface area (Å²) in [6, 6.07) is 6.76. The fourth-order valence-electron chi connectivity index (χ4n) is 1.24. The van der Waals surface area contributed by atoms with Gasteiger partial charge in [-0.2, -0.15) is 5.26 Å². The molecule has 4 heteroatoms. The van der Waals surface area contributed by atoms with E-state index >= 15 is 0 Å². The van der Waals surface area contributed by atoms with Crippen molar-refractivity contribution in [2.45, 2.75) is 6.92 Å². The molecule has 15 heavy (non-hydrogen) atoms. The van der Waals surface area contributed by atoms with E-state index in [0.29, 0.717) is 11.3 Å². The van der Waals surface area contributed by atoms with E-state index in [4.69, 9.17) is 16.1 Å². The summed E-state index contributed by atoms with van der Waals surface area (Å²) in [6.07, 6.45) is 1.30. The highest BCUT2D eigenvalue weighted by molar-refractivity contribution is 5.96. The molecule has 0 saturated heterocycles. The molecule has 0 spiro atoms. The van der Waals surface area contributed by atoms with Gasteiger partial charge in [0.25, 0.3) is 0 Å². The van der Waals surface area contributed by atoms with Crippen molar-refractivity contribution in [1.29, 1.82) is 5.26 Å². The molecule has 0 fully saturated rings. The number of nitrogens with zero attached hydrogens (tertiary/aromatic N) is 1. The van der Waals surface area contributed by atoms with Gasteiger partial charge in [-0.05, 0) is 36.3 Å². The monoisotopic (exact) mass is 202 g/mol. The summed E-state index contributed by atoms with van der Waals surface area (Å²) in [5.41, 5.74) is 7.37. The normalized spacial score (nSPS) is 10.8. The van der Waals surface area contributed by atoms with Crippen LogP contribution < -0.4 is 5.73 Å². The maximum Gasteiger partial charge on any atom is 0.346 e. The number of carboxylic acids is 1. The lowest BCUT2D eigenvalue weighted by Gasteiger charge is -2.00. The average Bonchev–Trinajstić information content (AvgIpc) is 2.12. The summed E-state index contributed by atoms with van der Waals surface area (Å²) in [6.45, 7) is 1.85. The Labute approximate surface area is 87.3 Å². The first-order valence-electron chi connectivity index (χ1n) is 4.25. The van der Waals surface area contributed by atoms with Crippen LogP contribution in [0.25, 0.3) is 6.08 Å². The number of nitriles is 1. The lowest BCUT2D eigenvalue weighted by atomic mass is 10.1. The number of aryl methyl sites for hydroxylation is 1. The van der Waals surface area contributed by atoms with E-state index in [0.717, 1.165) is 5.56 Å². The largest absolute Gasteiger partial charge is 0.477 e. The Hall–Kier alpha value is -2.28. The van der Waals surface area contributed by atoms with Gasteiger partial charge in [0, 0.05) is 5.69 Å². The Morgan fingerprint density at radius 2 is 2.20 bits per heavy atom. The first kappa shape index (κ1) is 10.8. The SMILES string of the molecule is Cc1cc(N)cc(C=C(C#N)C(=O)O)c1. The highest BCUT2D eigenvalue weighted by Crippen LogP contribution is 2.14. The fraction of sp³-hybridized carbons (Fsp3) is 0.0909. The Morgan fingerprint density at radius 3 is 2.67 bits per heavy atom. The van der Waals surface area contributed by atoms with Gasteiger partial charge in [0.2, 0.25) is 0 Å². The summed E-state index contributed by atoms with van der Waals surface area (Å²) in [7, 11) is 0. The molecule has 0 aromatic heterocycles. The van der Waals surface area contributed by atoms with Gasteiger partial charge in [0.1, 0.15) is 11.6 Å². The Bertz CT molecular complexity index is 450. The van der Waals surface area contributed by atoms with Gasteiger partial charge in [-0.3, -0.25) is 0 Å². The van der Waals surface area contributed by atoms with E-state index in [2.05, 4.69) is 0 Å². The molecule has 0 radical (unpaired) electrons. The predicted molar refractivity (Wildman–Crippen MR) is 56.8 cm³/mol. The van der Waals surface area contributed by atoms with Crippen molar-refractivity contribution in [3.05, 3.63) is 34.9 Å². The first-order valence-corrected chi connectivity index (χ1v) is 4.25. The molecule has 0 amide bonds. The third-order valence-corrected chi connectivity index (χ3v) is 1.78. The van der Waals surface area contributed by atoms with Crippen molar-refractivity contribution in [2.24, 2.45) is 0 Å². The maximum atomic E-state index is 10.6. The van der Waals surface area contributed by atoms with Crippen LogP contribution >= 0.6 is 0 Å². The highest BCUT2D eigenvalue weighted by Gasteiger charge is 2.05. The van der Waals surface area contributed by atoms with E-state index < -0.39 is 5.97 Å². The standard InChI is InChI=1S/C11H10N2O2/c1-7-2-8(5-10(13)3-7)4-9(6-12)11(14)15/h2-5H,13H2,1H3,(H,14,15). The molecule has 0 aliphatic carbocycles. The van der Waals surface area contributed by atoms with E-state index in [1.54, 1.807) is 24.3 Å². The quantitative estimate of drug-likeness (QED) is 0.433. The van der Waals surface area contributed by atoms with Gasteiger partial charge in [-0.25, -0.2) is 4.79 Å². The third-order valence-electron chi connectivity index (χ3n) is 1.78. The second-order valence-corrected chi connectivity index (χ2v) is 3.15.